The van der Waals surface area contributed by atoms with Gasteiger partial charge in [-0.15, -0.1) is 0 Å². The minimum absolute atomic E-state index is 0.610. The molecule has 3 rings (SSSR count). The Morgan fingerprint density at radius 3 is 2.62 bits per heavy atom. The van der Waals surface area contributed by atoms with Crippen LogP contribution in [0.3, 0.4) is 0 Å². The van der Waals surface area contributed by atoms with E-state index in [1.807, 2.05) is 19.3 Å². The van der Waals surface area contributed by atoms with Gasteiger partial charge in [-0.3, -0.25) is 4.98 Å². The van der Waals surface area contributed by atoms with Crippen LogP contribution in [0.25, 0.3) is 0 Å². The van der Waals surface area contributed by atoms with Gasteiger partial charge in [0.05, 0.1) is 6.61 Å². The number of piperidine rings is 1. The minimum atomic E-state index is 0.610. The lowest BCUT2D eigenvalue weighted by molar-refractivity contribution is 0.326. The second-order valence-electron chi connectivity index (χ2n) is 5.17. The fraction of sp³-hybridized carbons (Fsp3) is 0.438. The zero-order valence-corrected chi connectivity index (χ0v) is 12.3. The molecule has 110 valence electrons. The Balaban J connectivity index is 1.64. The molecule has 2 aromatic heterocycles. The lowest BCUT2D eigenvalue weighted by Crippen LogP contribution is -2.34. The Labute approximate surface area is 125 Å². The van der Waals surface area contributed by atoms with E-state index < -0.39 is 0 Å². The highest BCUT2D eigenvalue weighted by Gasteiger charge is 2.22. The van der Waals surface area contributed by atoms with Crippen molar-refractivity contribution in [1.82, 2.24) is 15.0 Å². The Bertz CT molecular complexity index is 567. The standard InChI is InChI=1S/C16H20N4O/c1-2-21-15-5-10-18-16(19-15)20-11-6-14(7-12-20)13-3-8-17-9-4-13/h3-5,8-10,14H,2,6-7,11-12H2,1H3. The summed E-state index contributed by atoms with van der Waals surface area (Å²) in [5.41, 5.74) is 1.38. The molecular formula is C16H20N4O. The third-order valence-corrected chi connectivity index (χ3v) is 3.86. The van der Waals surface area contributed by atoms with Crippen molar-refractivity contribution in [3.63, 3.8) is 0 Å². The molecule has 1 aliphatic heterocycles. The second-order valence-corrected chi connectivity index (χ2v) is 5.17. The van der Waals surface area contributed by atoms with E-state index in [9.17, 15) is 0 Å². The molecule has 0 spiro atoms. The summed E-state index contributed by atoms with van der Waals surface area (Å²) in [6.45, 7) is 4.54. The van der Waals surface area contributed by atoms with Crippen LogP contribution in [0, 0.1) is 0 Å². The predicted octanol–water partition coefficient (Wildman–Crippen LogP) is 2.65. The predicted molar refractivity (Wildman–Crippen MR) is 81.6 cm³/mol. The van der Waals surface area contributed by atoms with Crippen molar-refractivity contribution in [3.8, 4) is 5.88 Å². The maximum Gasteiger partial charge on any atom is 0.228 e. The van der Waals surface area contributed by atoms with Crippen LogP contribution >= 0.6 is 0 Å². The van der Waals surface area contributed by atoms with Crippen molar-refractivity contribution in [2.24, 2.45) is 0 Å². The lowest BCUT2D eigenvalue weighted by atomic mass is 9.90. The first-order chi connectivity index (χ1) is 10.4. The first kappa shape index (κ1) is 13.8. The van der Waals surface area contributed by atoms with Crippen LogP contribution in [0.2, 0.25) is 0 Å². The van der Waals surface area contributed by atoms with Crippen molar-refractivity contribution >= 4 is 5.95 Å². The molecule has 0 saturated carbocycles. The van der Waals surface area contributed by atoms with Crippen LogP contribution in [0.5, 0.6) is 5.88 Å². The van der Waals surface area contributed by atoms with E-state index in [4.69, 9.17) is 4.74 Å². The lowest BCUT2D eigenvalue weighted by Gasteiger charge is -2.32. The van der Waals surface area contributed by atoms with Gasteiger partial charge in [-0.25, -0.2) is 4.98 Å². The monoisotopic (exact) mass is 284 g/mol. The summed E-state index contributed by atoms with van der Waals surface area (Å²) in [5, 5.41) is 0. The second kappa shape index (κ2) is 6.52. The summed E-state index contributed by atoms with van der Waals surface area (Å²) in [5.74, 6) is 2.03. The summed E-state index contributed by atoms with van der Waals surface area (Å²) in [6, 6.07) is 6.04. The van der Waals surface area contributed by atoms with Crippen LogP contribution in [0.15, 0.2) is 36.8 Å². The van der Waals surface area contributed by atoms with Gasteiger partial charge >= 0.3 is 0 Å². The number of hydrogen-bond donors (Lipinski definition) is 0. The van der Waals surface area contributed by atoms with E-state index in [0.717, 1.165) is 31.9 Å². The van der Waals surface area contributed by atoms with Gasteiger partial charge in [0.2, 0.25) is 11.8 Å². The van der Waals surface area contributed by atoms with Crippen LogP contribution < -0.4 is 9.64 Å². The first-order valence-corrected chi connectivity index (χ1v) is 7.47. The summed E-state index contributed by atoms with van der Waals surface area (Å²) in [6.07, 6.45) is 7.74. The molecular weight excluding hydrogens is 264 g/mol. The number of ether oxygens (including phenoxy) is 1. The number of pyridine rings is 1. The maximum absolute atomic E-state index is 5.44. The van der Waals surface area contributed by atoms with Crippen molar-refractivity contribution in [2.75, 3.05) is 24.6 Å². The van der Waals surface area contributed by atoms with Crippen molar-refractivity contribution in [1.29, 1.82) is 0 Å². The molecule has 0 unspecified atom stereocenters. The fourth-order valence-corrected chi connectivity index (χ4v) is 2.76. The molecule has 1 fully saturated rings. The first-order valence-electron chi connectivity index (χ1n) is 7.47. The molecule has 21 heavy (non-hydrogen) atoms. The zero-order valence-electron chi connectivity index (χ0n) is 12.3. The van der Waals surface area contributed by atoms with Gasteiger partial charge in [0.25, 0.3) is 0 Å². The van der Waals surface area contributed by atoms with E-state index in [1.165, 1.54) is 5.56 Å². The molecule has 5 nitrogen and oxygen atoms in total. The fourth-order valence-electron chi connectivity index (χ4n) is 2.76. The highest BCUT2D eigenvalue weighted by molar-refractivity contribution is 5.33. The summed E-state index contributed by atoms with van der Waals surface area (Å²) in [7, 11) is 0. The van der Waals surface area contributed by atoms with Gasteiger partial charge in [0.1, 0.15) is 0 Å². The molecule has 0 amide bonds. The topological polar surface area (TPSA) is 51.1 Å². The molecule has 1 saturated heterocycles. The number of anilines is 1. The Kier molecular flexibility index (Phi) is 4.28. The molecule has 0 radical (unpaired) electrons. The summed E-state index contributed by atoms with van der Waals surface area (Å²) in [4.78, 5) is 15.2. The van der Waals surface area contributed by atoms with Crippen LogP contribution in [0.1, 0.15) is 31.2 Å². The number of aromatic nitrogens is 3. The summed E-state index contributed by atoms with van der Waals surface area (Å²) < 4.78 is 5.44. The largest absolute Gasteiger partial charge is 0.478 e. The third-order valence-electron chi connectivity index (χ3n) is 3.86. The smallest absolute Gasteiger partial charge is 0.228 e. The average molecular weight is 284 g/mol. The highest BCUT2D eigenvalue weighted by Crippen LogP contribution is 2.29. The van der Waals surface area contributed by atoms with Crippen LogP contribution in [-0.2, 0) is 0 Å². The number of nitrogens with zero attached hydrogens (tertiary/aromatic N) is 4. The normalized spacial score (nSPS) is 16.0. The molecule has 3 heterocycles. The van der Waals surface area contributed by atoms with E-state index >= 15 is 0 Å². The Morgan fingerprint density at radius 1 is 1.14 bits per heavy atom. The molecule has 5 heteroatoms. The highest BCUT2D eigenvalue weighted by atomic mass is 16.5. The number of rotatable bonds is 4. The van der Waals surface area contributed by atoms with Crippen molar-refractivity contribution in [2.45, 2.75) is 25.7 Å². The molecule has 2 aromatic rings. The van der Waals surface area contributed by atoms with Gasteiger partial charge in [-0.05, 0) is 43.4 Å². The Morgan fingerprint density at radius 2 is 1.90 bits per heavy atom. The SMILES string of the molecule is CCOc1ccnc(N2CCC(c3ccncc3)CC2)n1. The van der Waals surface area contributed by atoms with E-state index in [0.29, 0.717) is 18.4 Å². The minimum Gasteiger partial charge on any atom is -0.478 e. The van der Waals surface area contributed by atoms with Gasteiger partial charge in [0.15, 0.2) is 0 Å². The quantitative estimate of drug-likeness (QED) is 0.864. The van der Waals surface area contributed by atoms with E-state index in [1.54, 1.807) is 12.3 Å². The van der Waals surface area contributed by atoms with Gasteiger partial charge in [-0.1, -0.05) is 0 Å². The van der Waals surface area contributed by atoms with Crippen LogP contribution in [0.4, 0.5) is 5.95 Å². The van der Waals surface area contributed by atoms with Gasteiger partial charge in [-0.2, -0.15) is 4.98 Å². The molecule has 1 aliphatic rings. The van der Waals surface area contributed by atoms with E-state index in [2.05, 4.69) is 32.0 Å². The van der Waals surface area contributed by atoms with E-state index in [-0.39, 0.29) is 0 Å². The van der Waals surface area contributed by atoms with Crippen molar-refractivity contribution < 1.29 is 4.74 Å². The summed E-state index contributed by atoms with van der Waals surface area (Å²) >= 11 is 0. The van der Waals surface area contributed by atoms with Gasteiger partial charge < -0.3 is 9.64 Å². The zero-order chi connectivity index (χ0) is 14.5. The molecule has 0 aliphatic carbocycles. The third kappa shape index (κ3) is 3.29. The molecule has 0 atom stereocenters. The number of hydrogen-bond acceptors (Lipinski definition) is 5. The van der Waals surface area contributed by atoms with Gasteiger partial charge in [0, 0.05) is 37.7 Å². The molecule has 0 N–H and O–H groups in total. The molecule has 0 aromatic carbocycles. The maximum atomic E-state index is 5.44. The molecule has 0 bridgehead atoms. The van der Waals surface area contributed by atoms with Crippen molar-refractivity contribution in [3.05, 3.63) is 42.4 Å². The average Bonchev–Trinajstić information content (AvgIpc) is 2.56. The Hall–Kier alpha value is -2.17. The van der Waals surface area contributed by atoms with Crippen LogP contribution in [-0.4, -0.2) is 34.6 Å².